The monoisotopic (exact) mass is 306 g/mol. The van der Waals surface area contributed by atoms with Crippen molar-refractivity contribution < 1.29 is 13.2 Å². The molecule has 1 spiro atoms. The number of nitrogens with zero attached hydrogens (tertiary/aromatic N) is 1. The van der Waals surface area contributed by atoms with E-state index in [0.717, 1.165) is 25.9 Å². The van der Waals surface area contributed by atoms with Crippen molar-refractivity contribution in [3.8, 4) is 0 Å². The van der Waals surface area contributed by atoms with E-state index in [-0.39, 0.29) is 12.0 Å². The van der Waals surface area contributed by atoms with Crippen LogP contribution in [0.2, 0.25) is 0 Å². The van der Waals surface area contributed by atoms with Crippen LogP contribution >= 0.6 is 0 Å². The minimum atomic E-state index is -4.02. The highest BCUT2D eigenvalue weighted by molar-refractivity contribution is 4.99. The molecule has 0 amide bonds. The zero-order valence-electron chi connectivity index (χ0n) is 13.1. The van der Waals surface area contributed by atoms with Crippen molar-refractivity contribution in [2.45, 2.75) is 82.5 Å². The number of hydrogen-bond donors (Lipinski definition) is 1. The Bertz CT molecular complexity index is 311. The Kier molecular flexibility index (Phi) is 5.95. The summed E-state index contributed by atoms with van der Waals surface area (Å²) in [6.07, 6.45) is 3.91. The van der Waals surface area contributed by atoms with Crippen molar-refractivity contribution in [2.24, 2.45) is 0 Å². The van der Waals surface area contributed by atoms with E-state index in [1.54, 1.807) is 0 Å². The molecular weight excluding hydrogens is 277 g/mol. The number of nitrogens with one attached hydrogen (secondary N) is 1. The standard InChI is InChI=1S/C16H29F3N2/c1-2-7-14-12-20-15(8-4-3-5-9-15)13-21(14)11-6-10-16(17,18)19/h14,20H,2-13H2,1H3. The van der Waals surface area contributed by atoms with Crippen LogP contribution in [0.15, 0.2) is 0 Å². The number of hydrogen-bond acceptors (Lipinski definition) is 2. The van der Waals surface area contributed by atoms with Crippen molar-refractivity contribution in [1.29, 1.82) is 0 Å². The lowest BCUT2D eigenvalue weighted by molar-refractivity contribution is -0.136. The van der Waals surface area contributed by atoms with Gasteiger partial charge in [0.05, 0.1) is 0 Å². The van der Waals surface area contributed by atoms with E-state index >= 15 is 0 Å². The van der Waals surface area contributed by atoms with E-state index in [2.05, 4.69) is 17.1 Å². The average molecular weight is 306 g/mol. The van der Waals surface area contributed by atoms with Gasteiger partial charge < -0.3 is 5.32 Å². The van der Waals surface area contributed by atoms with Gasteiger partial charge in [-0.1, -0.05) is 32.6 Å². The molecule has 1 saturated heterocycles. The Morgan fingerprint density at radius 3 is 2.52 bits per heavy atom. The molecule has 1 atom stereocenters. The summed E-state index contributed by atoms with van der Waals surface area (Å²) in [6.45, 7) is 4.63. The molecule has 1 saturated carbocycles. The van der Waals surface area contributed by atoms with Crippen molar-refractivity contribution in [2.75, 3.05) is 19.6 Å². The molecule has 21 heavy (non-hydrogen) atoms. The fourth-order valence-corrected chi connectivity index (χ4v) is 3.96. The Labute approximate surface area is 126 Å². The lowest BCUT2D eigenvalue weighted by Crippen LogP contribution is -2.64. The fraction of sp³-hybridized carbons (Fsp3) is 1.00. The third kappa shape index (κ3) is 5.13. The molecule has 2 aliphatic rings. The molecule has 1 aliphatic heterocycles. The minimum absolute atomic E-state index is 0.181. The van der Waals surface area contributed by atoms with Crippen LogP contribution in [-0.4, -0.2) is 42.3 Å². The van der Waals surface area contributed by atoms with Crippen molar-refractivity contribution in [3.63, 3.8) is 0 Å². The Morgan fingerprint density at radius 2 is 1.90 bits per heavy atom. The van der Waals surface area contributed by atoms with Crippen LogP contribution in [0, 0.1) is 0 Å². The highest BCUT2D eigenvalue weighted by atomic mass is 19.4. The first kappa shape index (κ1) is 17.1. The predicted molar refractivity (Wildman–Crippen MR) is 79.4 cm³/mol. The maximum Gasteiger partial charge on any atom is 0.389 e. The van der Waals surface area contributed by atoms with E-state index in [1.165, 1.54) is 32.1 Å². The molecule has 2 rings (SSSR count). The van der Waals surface area contributed by atoms with Crippen LogP contribution in [0.4, 0.5) is 13.2 Å². The van der Waals surface area contributed by atoms with E-state index in [0.29, 0.717) is 12.6 Å². The number of piperazine rings is 1. The first-order chi connectivity index (χ1) is 9.94. The lowest BCUT2D eigenvalue weighted by atomic mass is 9.79. The molecule has 2 fully saturated rings. The largest absolute Gasteiger partial charge is 0.389 e. The highest BCUT2D eigenvalue weighted by Gasteiger charge is 2.39. The topological polar surface area (TPSA) is 15.3 Å². The summed E-state index contributed by atoms with van der Waals surface area (Å²) in [5, 5.41) is 3.74. The second-order valence-corrected chi connectivity index (χ2v) is 6.85. The van der Waals surface area contributed by atoms with Crippen LogP contribution in [0.5, 0.6) is 0 Å². The normalized spacial score (nSPS) is 27.1. The first-order valence-corrected chi connectivity index (χ1v) is 8.50. The van der Waals surface area contributed by atoms with Crippen LogP contribution < -0.4 is 5.32 Å². The number of rotatable bonds is 5. The van der Waals surface area contributed by atoms with Gasteiger partial charge in [-0.05, 0) is 32.2 Å². The van der Waals surface area contributed by atoms with Gasteiger partial charge in [0.1, 0.15) is 0 Å². The van der Waals surface area contributed by atoms with Gasteiger partial charge in [-0.2, -0.15) is 13.2 Å². The van der Waals surface area contributed by atoms with Crippen LogP contribution in [0.1, 0.15) is 64.7 Å². The average Bonchev–Trinajstić information content (AvgIpc) is 2.42. The zero-order chi connectivity index (χ0) is 15.3. The Balaban J connectivity index is 1.91. The second-order valence-electron chi connectivity index (χ2n) is 6.85. The summed E-state index contributed by atoms with van der Waals surface area (Å²) in [4.78, 5) is 2.34. The minimum Gasteiger partial charge on any atom is -0.308 e. The summed E-state index contributed by atoms with van der Waals surface area (Å²) in [5.74, 6) is 0. The maximum absolute atomic E-state index is 12.4. The molecule has 1 heterocycles. The van der Waals surface area contributed by atoms with Crippen molar-refractivity contribution >= 4 is 0 Å². The van der Waals surface area contributed by atoms with E-state index in [9.17, 15) is 13.2 Å². The molecule has 1 unspecified atom stereocenters. The van der Waals surface area contributed by atoms with Gasteiger partial charge in [-0.15, -0.1) is 0 Å². The lowest BCUT2D eigenvalue weighted by Gasteiger charge is -2.50. The quantitative estimate of drug-likeness (QED) is 0.822. The molecule has 0 aromatic rings. The number of halogens is 3. The summed E-state index contributed by atoms with van der Waals surface area (Å²) in [5.41, 5.74) is 0.181. The highest BCUT2D eigenvalue weighted by Crippen LogP contribution is 2.33. The fourth-order valence-electron chi connectivity index (χ4n) is 3.96. The summed E-state index contributed by atoms with van der Waals surface area (Å²) in [6, 6.07) is 0.413. The smallest absolute Gasteiger partial charge is 0.308 e. The Hall–Kier alpha value is -0.290. The zero-order valence-corrected chi connectivity index (χ0v) is 13.1. The third-order valence-electron chi connectivity index (χ3n) is 5.07. The molecule has 1 aliphatic carbocycles. The van der Waals surface area contributed by atoms with Gasteiger partial charge in [0.25, 0.3) is 0 Å². The van der Waals surface area contributed by atoms with Crippen LogP contribution in [0.3, 0.4) is 0 Å². The van der Waals surface area contributed by atoms with Gasteiger partial charge in [0, 0.05) is 31.1 Å². The van der Waals surface area contributed by atoms with Gasteiger partial charge in [0.15, 0.2) is 0 Å². The van der Waals surface area contributed by atoms with Gasteiger partial charge >= 0.3 is 6.18 Å². The molecule has 1 N–H and O–H groups in total. The van der Waals surface area contributed by atoms with Crippen molar-refractivity contribution in [1.82, 2.24) is 10.2 Å². The summed E-state index contributed by atoms with van der Waals surface area (Å²) >= 11 is 0. The maximum atomic E-state index is 12.4. The summed E-state index contributed by atoms with van der Waals surface area (Å²) in [7, 11) is 0. The molecule has 0 bridgehead atoms. The Morgan fingerprint density at radius 1 is 1.19 bits per heavy atom. The van der Waals surface area contributed by atoms with Gasteiger partial charge in [0.2, 0.25) is 0 Å². The SMILES string of the molecule is CCCC1CNC2(CCCCC2)CN1CCCC(F)(F)F. The molecule has 0 aromatic heterocycles. The molecule has 5 heteroatoms. The molecule has 0 aromatic carbocycles. The van der Waals surface area contributed by atoms with Crippen molar-refractivity contribution in [3.05, 3.63) is 0 Å². The number of alkyl halides is 3. The van der Waals surface area contributed by atoms with Gasteiger partial charge in [-0.3, -0.25) is 4.90 Å². The molecule has 0 radical (unpaired) electrons. The predicted octanol–water partition coefficient (Wildman–Crippen LogP) is 4.11. The van der Waals surface area contributed by atoms with E-state index < -0.39 is 12.6 Å². The van der Waals surface area contributed by atoms with Crippen LogP contribution in [0.25, 0.3) is 0 Å². The molecule has 124 valence electrons. The summed E-state index contributed by atoms with van der Waals surface area (Å²) < 4.78 is 37.1. The van der Waals surface area contributed by atoms with Crippen LogP contribution in [-0.2, 0) is 0 Å². The van der Waals surface area contributed by atoms with E-state index in [4.69, 9.17) is 0 Å². The first-order valence-electron chi connectivity index (χ1n) is 8.50. The molecule has 2 nitrogen and oxygen atoms in total. The van der Waals surface area contributed by atoms with E-state index in [1.807, 2.05) is 0 Å². The van der Waals surface area contributed by atoms with Gasteiger partial charge in [-0.25, -0.2) is 0 Å². The molecular formula is C16H29F3N2. The third-order valence-corrected chi connectivity index (χ3v) is 5.07. The second kappa shape index (κ2) is 7.32.